The van der Waals surface area contributed by atoms with E-state index in [4.69, 9.17) is 9.72 Å². The van der Waals surface area contributed by atoms with E-state index in [0.717, 1.165) is 41.6 Å². The fourth-order valence-corrected chi connectivity index (χ4v) is 4.82. The highest BCUT2D eigenvalue weighted by atomic mass is 16.5. The first-order valence-corrected chi connectivity index (χ1v) is 12.1. The molecule has 0 radical (unpaired) electrons. The van der Waals surface area contributed by atoms with E-state index in [2.05, 4.69) is 38.8 Å². The summed E-state index contributed by atoms with van der Waals surface area (Å²) in [6.07, 6.45) is 8.20. The summed E-state index contributed by atoms with van der Waals surface area (Å²) in [6, 6.07) is 19.3. The van der Waals surface area contributed by atoms with Crippen LogP contribution >= 0.6 is 0 Å². The van der Waals surface area contributed by atoms with Gasteiger partial charge in [-0.05, 0) is 49.0 Å². The second kappa shape index (κ2) is 9.22. The number of benzene rings is 2. The Kier molecular flexibility index (Phi) is 5.61. The normalized spacial score (nSPS) is 13.5. The van der Waals surface area contributed by atoms with E-state index in [9.17, 15) is 4.79 Å². The number of nitrogens with zero attached hydrogens (tertiary/aromatic N) is 3. The third-order valence-corrected chi connectivity index (χ3v) is 6.59. The largest absolute Gasteiger partial charge is 0.497 e. The third-order valence-electron chi connectivity index (χ3n) is 6.59. The molecule has 0 aliphatic heterocycles. The number of aromatic nitrogens is 5. The van der Waals surface area contributed by atoms with E-state index < -0.39 is 0 Å². The van der Waals surface area contributed by atoms with Gasteiger partial charge in [0.05, 0.1) is 24.6 Å². The van der Waals surface area contributed by atoms with Crippen molar-refractivity contribution in [2.45, 2.75) is 25.7 Å². The van der Waals surface area contributed by atoms with Crippen LogP contribution < -0.4 is 15.6 Å². The maximum atomic E-state index is 14.1. The van der Waals surface area contributed by atoms with Crippen molar-refractivity contribution in [2.75, 3.05) is 12.4 Å². The average molecular weight is 479 g/mol. The number of anilines is 2. The van der Waals surface area contributed by atoms with Gasteiger partial charge in [0.2, 0.25) is 0 Å². The lowest BCUT2D eigenvalue weighted by Crippen LogP contribution is -2.20. The van der Waals surface area contributed by atoms with Gasteiger partial charge >= 0.3 is 0 Å². The molecule has 0 fully saturated rings. The molecule has 0 bridgehead atoms. The van der Waals surface area contributed by atoms with E-state index in [1.165, 1.54) is 12.0 Å². The van der Waals surface area contributed by atoms with Crippen LogP contribution in [0.1, 0.15) is 31.2 Å². The highest BCUT2D eigenvalue weighted by Crippen LogP contribution is 2.37. The van der Waals surface area contributed by atoms with Crippen LogP contribution in [0.4, 0.5) is 11.6 Å². The van der Waals surface area contributed by atoms with Gasteiger partial charge in [0.1, 0.15) is 17.4 Å². The first-order chi connectivity index (χ1) is 17.7. The lowest BCUT2D eigenvalue weighted by Gasteiger charge is -2.14. The van der Waals surface area contributed by atoms with Gasteiger partial charge in [0.25, 0.3) is 5.56 Å². The lowest BCUT2D eigenvalue weighted by molar-refractivity contribution is 0.415. The number of aromatic amines is 2. The fourth-order valence-electron chi connectivity index (χ4n) is 4.82. The summed E-state index contributed by atoms with van der Waals surface area (Å²) in [5.74, 6) is 1.83. The quantitative estimate of drug-likeness (QED) is 0.287. The summed E-state index contributed by atoms with van der Waals surface area (Å²) in [5.41, 5.74) is 5.71. The summed E-state index contributed by atoms with van der Waals surface area (Å²) in [7, 11) is 1.62. The third kappa shape index (κ3) is 3.86. The van der Waals surface area contributed by atoms with Gasteiger partial charge < -0.3 is 10.1 Å². The van der Waals surface area contributed by atoms with Crippen LogP contribution in [0.2, 0.25) is 0 Å². The Morgan fingerprint density at radius 2 is 1.81 bits per heavy atom. The molecule has 0 amide bonds. The molecule has 1 aliphatic rings. The van der Waals surface area contributed by atoms with E-state index in [-0.39, 0.29) is 5.56 Å². The average Bonchev–Trinajstić information content (AvgIpc) is 3.58. The number of fused-ring (bicyclic) bond motifs is 1. The SMILES string of the molecule is COc1ccc(-c2c(Nc3ccn[nH]3)nc3c(C4=CCCCC4)c(-c4ccccc4)[nH]n3c2=O)cc1. The number of nitrogens with one attached hydrogen (secondary N) is 3. The van der Waals surface area contributed by atoms with Crippen LogP contribution in [0.5, 0.6) is 5.75 Å². The number of H-pyrrole nitrogens is 2. The van der Waals surface area contributed by atoms with Crippen molar-refractivity contribution in [1.29, 1.82) is 0 Å². The number of methoxy groups -OCH3 is 1. The van der Waals surface area contributed by atoms with Crippen LogP contribution in [-0.4, -0.2) is 31.9 Å². The molecule has 36 heavy (non-hydrogen) atoms. The number of hydrogen-bond acceptors (Lipinski definition) is 5. The Morgan fingerprint density at radius 3 is 2.50 bits per heavy atom. The van der Waals surface area contributed by atoms with Crippen molar-refractivity contribution < 1.29 is 4.74 Å². The molecule has 3 N–H and O–H groups in total. The van der Waals surface area contributed by atoms with Crippen LogP contribution in [0.3, 0.4) is 0 Å². The van der Waals surface area contributed by atoms with Gasteiger partial charge in [0.15, 0.2) is 5.65 Å². The monoisotopic (exact) mass is 478 g/mol. The Labute approximate surface area is 207 Å². The highest BCUT2D eigenvalue weighted by molar-refractivity contribution is 5.89. The number of ether oxygens (including phenoxy) is 1. The molecule has 180 valence electrons. The Hall–Kier alpha value is -4.59. The van der Waals surface area contributed by atoms with Crippen LogP contribution in [0.15, 0.2) is 77.7 Å². The van der Waals surface area contributed by atoms with Crippen molar-refractivity contribution in [1.82, 2.24) is 24.8 Å². The fraction of sp³-hybridized carbons (Fsp3) is 0.179. The van der Waals surface area contributed by atoms with Crippen molar-refractivity contribution in [2.24, 2.45) is 0 Å². The maximum Gasteiger partial charge on any atom is 0.282 e. The molecule has 0 saturated heterocycles. The number of rotatable bonds is 6. The van der Waals surface area contributed by atoms with Crippen molar-refractivity contribution in [3.63, 3.8) is 0 Å². The summed E-state index contributed by atoms with van der Waals surface area (Å²) in [6.45, 7) is 0. The lowest BCUT2D eigenvalue weighted by atomic mass is 9.92. The molecule has 0 atom stereocenters. The standard InChI is InChI=1S/C28H26N6O2/c1-36-21-14-12-19(13-15-21)24-26(30-22-16-17-29-32-22)31-27-23(18-8-4-2-5-9-18)25(33-34(27)28(24)35)20-10-6-3-7-11-20/h3,6-8,10-17,33H,2,4-5,9H2,1H3,(H2,29,30,32). The molecule has 1 aliphatic carbocycles. The molecule has 8 heteroatoms. The van der Waals surface area contributed by atoms with Crippen LogP contribution in [0, 0.1) is 0 Å². The molecule has 2 aromatic carbocycles. The Bertz CT molecular complexity index is 1600. The minimum absolute atomic E-state index is 0.188. The smallest absolute Gasteiger partial charge is 0.282 e. The van der Waals surface area contributed by atoms with Gasteiger partial charge in [-0.3, -0.25) is 15.0 Å². The first-order valence-electron chi connectivity index (χ1n) is 12.1. The topological polar surface area (TPSA) is 100 Å². The predicted molar refractivity (Wildman–Crippen MR) is 142 cm³/mol. The summed E-state index contributed by atoms with van der Waals surface area (Å²) < 4.78 is 6.89. The molecule has 0 saturated carbocycles. The van der Waals surface area contributed by atoms with E-state index in [1.54, 1.807) is 23.9 Å². The molecule has 5 aromatic rings. The van der Waals surface area contributed by atoms with Gasteiger partial charge in [-0.25, -0.2) is 4.98 Å². The van der Waals surface area contributed by atoms with E-state index in [0.29, 0.717) is 28.6 Å². The summed E-state index contributed by atoms with van der Waals surface area (Å²) in [5, 5.41) is 13.6. The van der Waals surface area contributed by atoms with Crippen molar-refractivity contribution in [3.05, 3.63) is 88.9 Å². The van der Waals surface area contributed by atoms with Gasteiger partial charge in [-0.1, -0.05) is 48.5 Å². The highest BCUT2D eigenvalue weighted by Gasteiger charge is 2.24. The molecular formula is C28H26N6O2. The molecule has 0 unspecified atom stereocenters. The molecular weight excluding hydrogens is 452 g/mol. The zero-order valence-electron chi connectivity index (χ0n) is 19.9. The minimum atomic E-state index is -0.188. The molecule has 6 rings (SSSR count). The Morgan fingerprint density at radius 1 is 0.972 bits per heavy atom. The second-order valence-corrected chi connectivity index (χ2v) is 8.83. The van der Waals surface area contributed by atoms with Gasteiger partial charge in [-0.2, -0.15) is 9.61 Å². The zero-order chi connectivity index (χ0) is 24.5. The van der Waals surface area contributed by atoms with Crippen molar-refractivity contribution in [3.8, 4) is 28.1 Å². The van der Waals surface area contributed by atoms with E-state index >= 15 is 0 Å². The van der Waals surface area contributed by atoms with Crippen molar-refractivity contribution >= 4 is 22.9 Å². The molecule has 8 nitrogen and oxygen atoms in total. The number of hydrogen-bond donors (Lipinski definition) is 3. The maximum absolute atomic E-state index is 14.1. The summed E-state index contributed by atoms with van der Waals surface area (Å²) >= 11 is 0. The molecule has 0 spiro atoms. The van der Waals surface area contributed by atoms with Crippen LogP contribution in [0.25, 0.3) is 33.6 Å². The van der Waals surface area contributed by atoms with Crippen LogP contribution in [-0.2, 0) is 0 Å². The summed E-state index contributed by atoms with van der Waals surface area (Å²) in [4.78, 5) is 19.1. The second-order valence-electron chi connectivity index (χ2n) is 8.83. The van der Waals surface area contributed by atoms with E-state index in [1.807, 2.05) is 42.5 Å². The molecule has 3 aromatic heterocycles. The minimum Gasteiger partial charge on any atom is -0.497 e. The van der Waals surface area contributed by atoms with Gasteiger partial charge in [-0.15, -0.1) is 0 Å². The first kappa shape index (κ1) is 21.9. The van der Waals surface area contributed by atoms with Gasteiger partial charge in [0, 0.05) is 17.2 Å². The predicted octanol–water partition coefficient (Wildman–Crippen LogP) is 5.79. The molecule has 3 heterocycles. The number of allylic oxidation sites excluding steroid dienone is 2. The zero-order valence-corrected chi connectivity index (χ0v) is 19.9. The Balaban J connectivity index is 1.65.